The predicted molar refractivity (Wildman–Crippen MR) is 113 cm³/mol. The van der Waals surface area contributed by atoms with Crippen molar-refractivity contribution in [2.75, 3.05) is 26.2 Å². The fraction of sp³-hybridized carbons (Fsp3) is 0.591. The summed E-state index contributed by atoms with van der Waals surface area (Å²) in [5, 5.41) is 13.3. The third-order valence-corrected chi connectivity index (χ3v) is 4.59. The van der Waals surface area contributed by atoms with Gasteiger partial charge in [0.2, 0.25) is 5.91 Å². The fourth-order valence-corrected chi connectivity index (χ4v) is 2.93. The lowest BCUT2D eigenvalue weighted by Crippen LogP contribution is -2.26. The van der Waals surface area contributed by atoms with Gasteiger partial charge in [0.05, 0.1) is 6.10 Å². The lowest BCUT2D eigenvalue weighted by molar-refractivity contribution is -0.192. The summed E-state index contributed by atoms with van der Waals surface area (Å²) in [4.78, 5) is 33.1. The molecule has 1 aliphatic heterocycles. The SMILES string of the molecule is CC(C)OCCCNC(=O)CCC(=O)c1ccc2c(c1)CCNCC2.O=C(O)C(F)(F)F. The molecule has 1 aromatic rings. The number of amides is 1. The first-order valence-corrected chi connectivity index (χ1v) is 10.5. The third kappa shape index (κ3) is 11.2. The maximum absolute atomic E-state index is 12.4. The van der Waals surface area contributed by atoms with Crippen molar-refractivity contribution in [3.63, 3.8) is 0 Å². The highest BCUT2D eigenvalue weighted by Gasteiger charge is 2.38. The van der Waals surface area contributed by atoms with Crippen LogP contribution in [0.25, 0.3) is 0 Å². The Morgan fingerprint density at radius 1 is 1.12 bits per heavy atom. The van der Waals surface area contributed by atoms with Crippen molar-refractivity contribution in [2.24, 2.45) is 0 Å². The maximum atomic E-state index is 12.4. The molecule has 0 saturated heterocycles. The minimum absolute atomic E-state index is 0.0401. The van der Waals surface area contributed by atoms with Gasteiger partial charge in [0.25, 0.3) is 0 Å². The average Bonchev–Trinajstić information content (AvgIpc) is 2.96. The highest BCUT2D eigenvalue weighted by molar-refractivity contribution is 5.98. The summed E-state index contributed by atoms with van der Waals surface area (Å²) in [5.41, 5.74) is 3.30. The normalized spacial score (nSPS) is 13.4. The molecule has 0 radical (unpaired) electrons. The molecule has 1 amide bonds. The van der Waals surface area contributed by atoms with Gasteiger partial charge in [-0.1, -0.05) is 12.1 Å². The molecule has 0 aliphatic carbocycles. The topological polar surface area (TPSA) is 105 Å². The summed E-state index contributed by atoms with van der Waals surface area (Å²) < 4.78 is 37.2. The number of alkyl halides is 3. The van der Waals surface area contributed by atoms with Crippen LogP contribution in [-0.2, 0) is 27.2 Å². The van der Waals surface area contributed by atoms with Gasteiger partial charge < -0.3 is 20.5 Å². The molecule has 7 nitrogen and oxygen atoms in total. The van der Waals surface area contributed by atoms with Crippen LogP contribution in [0, 0.1) is 0 Å². The molecule has 0 spiro atoms. The number of fused-ring (bicyclic) bond motifs is 1. The lowest BCUT2D eigenvalue weighted by Gasteiger charge is -2.09. The zero-order valence-electron chi connectivity index (χ0n) is 18.4. The average molecular weight is 460 g/mol. The molecule has 10 heteroatoms. The largest absolute Gasteiger partial charge is 0.490 e. The van der Waals surface area contributed by atoms with Gasteiger partial charge in [-0.05, 0) is 63.4 Å². The van der Waals surface area contributed by atoms with Crippen molar-refractivity contribution in [2.45, 2.75) is 58.2 Å². The van der Waals surface area contributed by atoms with Crippen LogP contribution in [0.2, 0.25) is 0 Å². The number of halogens is 3. The number of ether oxygens (including phenoxy) is 1. The number of rotatable bonds is 9. The predicted octanol–water partition coefficient (Wildman–Crippen LogP) is 2.90. The number of nitrogens with one attached hydrogen (secondary N) is 2. The second-order valence-corrected chi connectivity index (χ2v) is 7.58. The van der Waals surface area contributed by atoms with E-state index >= 15 is 0 Å². The molecule has 0 fully saturated rings. The number of carbonyl (C=O) groups excluding carboxylic acids is 2. The number of Topliss-reactive ketones (excluding diaryl/α,β-unsaturated/α-hetero) is 1. The first-order valence-electron chi connectivity index (χ1n) is 10.5. The van der Waals surface area contributed by atoms with Gasteiger partial charge in [0.1, 0.15) is 0 Å². The molecule has 180 valence electrons. The summed E-state index contributed by atoms with van der Waals surface area (Å²) in [5.74, 6) is -2.79. The van der Waals surface area contributed by atoms with Crippen LogP contribution in [0.5, 0.6) is 0 Å². The second-order valence-electron chi connectivity index (χ2n) is 7.58. The number of hydrogen-bond acceptors (Lipinski definition) is 5. The smallest absolute Gasteiger partial charge is 0.475 e. The zero-order valence-corrected chi connectivity index (χ0v) is 18.4. The zero-order chi connectivity index (χ0) is 24.1. The standard InChI is InChI=1S/C20H30N2O3.C2HF3O2/c1-15(2)25-13-3-10-22-20(24)7-6-19(23)18-5-4-16-8-11-21-12-9-17(16)14-18;3-2(4,5)1(6)7/h4-5,14-15,21H,3,6-13H2,1-2H3,(H,22,24);(H,6,7). The highest BCUT2D eigenvalue weighted by Crippen LogP contribution is 2.17. The highest BCUT2D eigenvalue weighted by atomic mass is 19.4. The molecule has 1 aromatic carbocycles. The Balaban J connectivity index is 0.000000633. The van der Waals surface area contributed by atoms with E-state index < -0.39 is 12.1 Å². The van der Waals surface area contributed by atoms with Crippen molar-refractivity contribution in [1.29, 1.82) is 0 Å². The van der Waals surface area contributed by atoms with Gasteiger partial charge >= 0.3 is 12.1 Å². The fourth-order valence-electron chi connectivity index (χ4n) is 2.93. The molecule has 3 N–H and O–H groups in total. The molecule has 32 heavy (non-hydrogen) atoms. The quantitative estimate of drug-likeness (QED) is 0.387. The van der Waals surface area contributed by atoms with Crippen molar-refractivity contribution in [3.8, 4) is 0 Å². The molecular weight excluding hydrogens is 429 g/mol. The van der Waals surface area contributed by atoms with Crippen LogP contribution < -0.4 is 10.6 Å². The van der Waals surface area contributed by atoms with Crippen LogP contribution in [0.15, 0.2) is 18.2 Å². The van der Waals surface area contributed by atoms with E-state index in [1.165, 1.54) is 11.1 Å². The van der Waals surface area contributed by atoms with Gasteiger partial charge in [-0.15, -0.1) is 0 Å². The molecule has 0 atom stereocenters. The van der Waals surface area contributed by atoms with Crippen LogP contribution in [0.4, 0.5) is 13.2 Å². The number of carboxylic acids is 1. The number of ketones is 1. The van der Waals surface area contributed by atoms with E-state index in [0.29, 0.717) is 13.2 Å². The van der Waals surface area contributed by atoms with E-state index in [4.69, 9.17) is 14.6 Å². The Kier molecular flexibility index (Phi) is 11.9. The van der Waals surface area contributed by atoms with Gasteiger partial charge in [0, 0.05) is 31.6 Å². The molecule has 0 bridgehead atoms. The molecule has 2 rings (SSSR count). The second kappa shape index (κ2) is 13.8. The number of aliphatic carboxylic acids is 1. The Labute approximate surface area is 185 Å². The van der Waals surface area contributed by atoms with Gasteiger partial charge in [-0.3, -0.25) is 9.59 Å². The van der Waals surface area contributed by atoms with Crippen molar-refractivity contribution in [3.05, 3.63) is 34.9 Å². The Bertz CT molecular complexity index is 766. The first-order chi connectivity index (χ1) is 15.0. The molecule has 1 heterocycles. The van der Waals surface area contributed by atoms with Crippen LogP contribution in [-0.4, -0.2) is 61.3 Å². The number of benzene rings is 1. The summed E-state index contributed by atoms with van der Waals surface area (Å²) in [7, 11) is 0. The Morgan fingerprint density at radius 3 is 2.34 bits per heavy atom. The van der Waals surface area contributed by atoms with E-state index in [2.05, 4.69) is 16.7 Å². The third-order valence-electron chi connectivity index (χ3n) is 4.59. The molecular formula is C22H31F3N2O5. The summed E-state index contributed by atoms with van der Waals surface area (Å²) >= 11 is 0. The van der Waals surface area contributed by atoms with Gasteiger partial charge in [0.15, 0.2) is 5.78 Å². The van der Waals surface area contributed by atoms with Crippen molar-refractivity contribution < 1.29 is 37.4 Å². The Morgan fingerprint density at radius 2 is 1.75 bits per heavy atom. The molecule has 0 unspecified atom stereocenters. The minimum atomic E-state index is -5.08. The monoisotopic (exact) mass is 460 g/mol. The van der Waals surface area contributed by atoms with E-state index in [1.54, 1.807) is 0 Å². The van der Waals surface area contributed by atoms with E-state index in [0.717, 1.165) is 37.9 Å². The van der Waals surface area contributed by atoms with Crippen LogP contribution in [0.1, 0.15) is 54.6 Å². The number of carbonyl (C=O) groups is 3. The summed E-state index contributed by atoms with van der Waals surface area (Å²) in [6.07, 6.45) is -1.63. The number of carboxylic acid groups (broad SMARTS) is 1. The van der Waals surface area contributed by atoms with E-state index in [9.17, 15) is 22.8 Å². The minimum Gasteiger partial charge on any atom is -0.475 e. The number of hydrogen-bond donors (Lipinski definition) is 3. The van der Waals surface area contributed by atoms with Gasteiger partial charge in [-0.2, -0.15) is 13.2 Å². The Hall–Kier alpha value is -2.46. The summed E-state index contributed by atoms with van der Waals surface area (Å²) in [6, 6.07) is 5.96. The van der Waals surface area contributed by atoms with Crippen molar-refractivity contribution in [1.82, 2.24) is 10.6 Å². The van der Waals surface area contributed by atoms with Crippen LogP contribution in [0.3, 0.4) is 0 Å². The van der Waals surface area contributed by atoms with E-state index in [-0.39, 0.29) is 30.6 Å². The lowest BCUT2D eigenvalue weighted by atomic mass is 9.97. The van der Waals surface area contributed by atoms with Gasteiger partial charge in [-0.25, -0.2) is 4.79 Å². The van der Waals surface area contributed by atoms with Crippen molar-refractivity contribution >= 4 is 17.7 Å². The van der Waals surface area contributed by atoms with E-state index in [1.807, 2.05) is 26.0 Å². The molecule has 0 saturated carbocycles. The maximum Gasteiger partial charge on any atom is 0.490 e. The molecule has 1 aliphatic rings. The van der Waals surface area contributed by atoms with Crippen LogP contribution >= 0.6 is 0 Å². The summed E-state index contributed by atoms with van der Waals surface area (Å²) in [6.45, 7) is 7.15. The molecule has 0 aromatic heterocycles. The first kappa shape index (κ1) is 27.6.